The van der Waals surface area contributed by atoms with Crippen molar-refractivity contribution in [1.29, 1.82) is 0 Å². The van der Waals surface area contributed by atoms with Gasteiger partial charge >= 0.3 is 0 Å². The molecule has 0 radical (unpaired) electrons. The van der Waals surface area contributed by atoms with Crippen LogP contribution in [0.3, 0.4) is 0 Å². The molecule has 6 aromatic carbocycles. The van der Waals surface area contributed by atoms with Crippen LogP contribution in [-0.2, 0) is 6.42 Å². The van der Waals surface area contributed by atoms with Crippen molar-refractivity contribution in [1.82, 2.24) is 19.9 Å². The molecular weight excluding hydrogens is 630 g/mol. The first kappa shape index (κ1) is 29.1. The molecule has 0 saturated heterocycles. The maximum atomic E-state index is 11.0. The summed E-state index contributed by atoms with van der Waals surface area (Å²) in [6.45, 7) is 0. The SMILES string of the molecule is O=[N+]([O-])c1ccccc1-c1ccc2ocnc2c1.c1ccc2c(c1)Cc1cc3ocnc3cc1-2.c1ccc2c(c1)[nH]c1c2ccc2ocnc21. The quantitative estimate of drug-likeness (QED) is 0.143. The van der Waals surface area contributed by atoms with E-state index in [1.165, 1.54) is 58.3 Å². The maximum Gasteiger partial charge on any atom is 0.277 e. The fraction of sp³-hybridized carbons (Fsp3) is 0.0250. The molecule has 0 aliphatic heterocycles. The van der Waals surface area contributed by atoms with Crippen molar-refractivity contribution >= 4 is 60.8 Å². The summed E-state index contributed by atoms with van der Waals surface area (Å²) in [7, 11) is 0. The predicted molar refractivity (Wildman–Crippen MR) is 192 cm³/mol. The Labute approximate surface area is 282 Å². The van der Waals surface area contributed by atoms with Crippen LogP contribution >= 0.6 is 0 Å². The summed E-state index contributed by atoms with van der Waals surface area (Å²) >= 11 is 0. The standard InChI is InChI=1S/C14H9NO.C13H8N2O3.C13H8N2O/c1-2-4-11-9(3-1)5-10-6-14-13(7-12(10)11)15-8-16-14;16-15(17)12-4-2-1-3-10(12)9-5-6-13-11(7-9)14-8-18-13;1-2-4-10-8(3-1)9-5-6-11-13(12(9)15-10)14-7-16-11/h1-4,6-8H,5H2;1-8H;1-7,15H. The van der Waals surface area contributed by atoms with Crippen LogP contribution < -0.4 is 0 Å². The van der Waals surface area contributed by atoms with Gasteiger partial charge < -0.3 is 18.2 Å². The van der Waals surface area contributed by atoms with Crippen molar-refractivity contribution in [2.45, 2.75) is 6.42 Å². The normalized spacial score (nSPS) is 11.7. The molecule has 1 aliphatic carbocycles. The second-order valence-electron chi connectivity index (χ2n) is 11.8. The second kappa shape index (κ2) is 11.9. The highest BCUT2D eigenvalue weighted by Gasteiger charge is 2.19. The number of fused-ring (bicyclic) bond motifs is 10. The van der Waals surface area contributed by atoms with Crippen LogP contribution in [0.1, 0.15) is 11.1 Å². The molecule has 50 heavy (non-hydrogen) atoms. The highest BCUT2D eigenvalue weighted by molar-refractivity contribution is 6.14. The molecular formula is C40H25N5O5. The van der Waals surface area contributed by atoms with Crippen LogP contribution in [0, 0.1) is 10.1 Å². The topological polar surface area (TPSA) is 137 Å². The minimum Gasteiger partial charge on any atom is -0.443 e. The highest BCUT2D eigenvalue weighted by Crippen LogP contribution is 2.38. The third-order valence-corrected chi connectivity index (χ3v) is 8.97. The van der Waals surface area contributed by atoms with Gasteiger partial charge in [-0.2, -0.15) is 0 Å². The van der Waals surface area contributed by atoms with E-state index < -0.39 is 0 Å². The Bertz CT molecular complexity index is 2860. The number of rotatable bonds is 2. The molecule has 0 unspecified atom stereocenters. The highest BCUT2D eigenvalue weighted by atomic mass is 16.6. The zero-order valence-corrected chi connectivity index (χ0v) is 26.2. The van der Waals surface area contributed by atoms with Crippen molar-refractivity contribution < 1.29 is 18.2 Å². The number of nitrogens with zero attached hydrogens (tertiary/aromatic N) is 4. The zero-order chi connectivity index (χ0) is 33.6. The van der Waals surface area contributed by atoms with E-state index in [1.807, 2.05) is 18.2 Å². The van der Waals surface area contributed by atoms with Crippen molar-refractivity contribution in [3.05, 3.63) is 156 Å². The van der Waals surface area contributed by atoms with Gasteiger partial charge in [0.1, 0.15) is 16.6 Å². The van der Waals surface area contributed by atoms with Gasteiger partial charge in [-0.1, -0.05) is 60.7 Å². The van der Waals surface area contributed by atoms with Gasteiger partial charge in [-0.15, -0.1) is 0 Å². The van der Waals surface area contributed by atoms with E-state index in [9.17, 15) is 10.1 Å². The first-order valence-corrected chi connectivity index (χ1v) is 15.8. The van der Waals surface area contributed by atoms with Crippen LogP contribution in [0.4, 0.5) is 5.69 Å². The van der Waals surface area contributed by atoms with E-state index in [0.717, 1.165) is 45.2 Å². The lowest BCUT2D eigenvalue weighted by Gasteiger charge is -2.02. The molecule has 11 rings (SSSR count). The van der Waals surface area contributed by atoms with E-state index in [2.05, 4.69) is 74.5 Å². The number of oxazole rings is 3. The van der Waals surface area contributed by atoms with Gasteiger partial charge in [0, 0.05) is 22.4 Å². The van der Waals surface area contributed by atoms with E-state index in [0.29, 0.717) is 16.7 Å². The summed E-state index contributed by atoms with van der Waals surface area (Å²) in [6, 6.07) is 37.0. The van der Waals surface area contributed by atoms with Crippen molar-refractivity contribution in [2.75, 3.05) is 0 Å². The summed E-state index contributed by atoms with van der Waals surface area (Å²) in [4.78, 5) is 26.5. The lowest BCUT2D eigenvalue weighted by atomic mass is 10.0. The Morgan fingerprint density at radius 2 is 1.30 bits per heavy atom. The van der Waals surface area contributed by atoms with Gasteiger partial charge in [0.25, 0.3) is 5.69 Å². The number of benzene rings is 6. The van der Waals surface area contributed by atoms with Crippen LogP contribution in [0.15, 0.2) is 148 Å². The molecule has 0 amide bonds. The summed E-state index contributed by atoms with van der Waals surface area (Å²) in [5.74, 6) is 0. The van der Waals surface area contributed by atoms with Crippen LogP contribution in [0.25, 0.3) is 77.4 Å². The molecule has 4 aromatic heterocycles. The largest absolute Gasteiger partial charge is 0.443 e. The molecule has 10 nitrogen and oxygen atoms in total. The third kappa shape index (κ3) is 5.03. The molecule has 1 N–H and O–H groups in total. The number of nitrogens with one attached hydrogen (secondary N) is 1. The molecule has 4 heterocycles. The van der Waals surface area contributed by atoms with E-state index in [-0.39, 0.29) is 10.6 Å². The number of nitro groups is 1. The zero-order valence-electron chi connectivity index (χ0n) is 26.2. The summed E-state index contributed by atoms with van der Waals surface area (Å²) in [5, 5.41) is 13.4. The Kier molecular flexibility index (Phi) is 6.91. The number of aromatic nitrogens is 4. The number of para-hydroxylation sites is 2. The molecule has 0 atom stereocenters. The Balaban J connectivity index is 0.000000101. The fourth-order valence-electron chi connectivity index (χ4n) is 6.63. The van der Waals surface area contributed by atoms with Gasteiger partial charge in [-0.05, 0) is 82.8 Å². The number of nitro benzene ring substituents is 1. The minimum atomic E-state index is -0.387. The number of aromatic amines is 1. The summed E-state index contributed by atoms with van der Waals surface area (Å²) < 4.78 is 15.8. The van der Waals surface area contributed by atoms with E-state index in [4.69, 9.17) is 13.3 Å². The average Bonchev–Trinajstić information content (AvgIpc) is 3.99. The first-order valence-electron chi connectivity index (χ1n) is 15.8. The summed E-state index contributed by atoms with van der Waals surface area (Å²) in [5.41, 5.74) is 13.9. The van der Waals surface area contributed by atoms with Gasteiger partial charge in [-0.25, -0.2) is 15.0 Å². The van der Waals surface area contributed by atoms with E-state index >= 15 is 0 Å². The predicted octanol–water partition coefficient (Wildman–Crippen LogP) is 10.3. The number of hydrogen-bond donors (Lipinski definition) is 1. The van der Waals surface area contributed by atoms with Gasteiger partial charge in [0.15, 0.2) is 35.9 Å². The lowest BCUT2D eigenvalue weighted by Crippen LogP contribution is -1.91. The number of hydrogen-bond acceptors (Lipinski definition) is 8. The third-order valence-electron chi connectivity index (χ3n) is 8.97. The van der Waals surface area contributed by atoms with Crippen molar-refractivity contribution in [3.63, 3.8) is 0 Å². The van der Waals surface area contributed by atoms with Crippen molar-refractivity contribution in [2.24, 2.45) is 0 Å². The van der Waals surface area contributed by atoms with Gasteiger partial charge in [-0.3, -0.25) is 10.1 Å². The molecule has 240 valence electrons. The van der Waals surface area contributed by atoms with Gasteiger partial charge in [0.2, 0.25) is 0 Å². The molecule has 1 aliphatic rings. The Hall–Kier alpha value is -7.07. The average molecular weight is 656 g/mol. The fourth-order valence-corrected chi connectivity index (χ4v) is 6.63. The number of H-pyrrole nitrogens is 1. The molecule has 10 aromatic rings. The molecule has 0 spiro atoms. The van der Waals surface area contributed by atoms with Crippen LogP contribution in [-0.4, -0.2) is 24.9 Å². The summed E-state index contributed by atoms with van der Waals surface area (Å²) in [6.07, 6.45) is 5.34. The van der Waals surface area contributed by atoms with Crippen LogP contribution in [0.2, 0.25) is 0 Å². The Morgan fingerprint density at radius 3 is 2.18 bits per heavy atom. The molecule has 10 heteroatoms. The second-order valence-corrected chi connectivity index (χ2v) is 11.8. The van der Waals surface area contributed by atoms with Crippen LogP contribution in [0.5, 0.6) is 0 Å². The monoisotopic (exact) mass is 655 g/mol. The van der Waals surface area contributed by atoms with Gasteiger partial charge in [0.05, 0.1) is 16.0 Å². The van der Waals surface area contributed by atoms with Crippen molar-refractivity contribution in [3.8, 4) is 22.3 Å². The Morgan fingerprint density at radius 1 is 0.600 bits per heavy atom. The molecule has 0 saturated carbocycles. The minimum absolute atomic E-state index is 0.0837. The molecule has 0 bridgehead atoms. The smallest absolute Gasteiger partial charge is 0.277 e. The lowest BCUT2D eigenvalue weighted by molar-refractivity contribution is -0.384. The maximum absolute atomic E-state index is 11.0. The van der Waals surface area contributed by atoms with E-state index in [1.54, 1.807) is 36.4 Å². The molecule has 0 fully saturated rings. The first-order chi connectivity index (χ1) is 24.6.